The number of hydrogen-bond donors (Lipinski definition) is 3. The van der Waals surface area contributed by atoms with Crippen LogP contribution in [0.15, 0.2) is 12.2 Å². The van der Waals surface area contributed by atoms with Crippen molar-refractivity contribution in [1.29, 1.82) is 0 Å². The molecule has 1 amide bonds. The van der Waals surface area contributed by atoms with E-state index >= 15 is 0 Å². The highest BCUT2D eigenvalue weighted by molar-refractivity contribution is 7.99. The van der Waals surface area contributed by atoms with Gasteiger partial charge in [0.2, 0.25) is 5.91 Å². The third-order valence-electron chi connectivity index (χ3n) is 5.77. The molecule has 4 aliphatic rings. The normalized spacial score (nSPS) is 40.7. The molecule has 3 N–H and O–H groups in total. The highest BCUT2D eigenvalue weighted by Crippen LogP contribution is 2.32. The van der Waals surface area contributed by atoms with Gasteiger partial charge < -0.3 is 4.74 Å². The molecule has 0 aliphatic carbocycles. The number of ether oxygens (including phenoxy) is 1. The van der Waals surface area contributed by atoms with Crippen LogP contribution in [0.5, 0.6) is 0 Å². The Hall–Kier alpha value is -0.640. The molecular formula is C18H31N5O2S. The van der Waals surface area contributed by atoms with E-state index in [0.717, 1.165) is 51.7 Å². The van der Waals surface area contributed by atoms with Crippen LogP contribution in [0, 0.1) is 5.92 Å². The van der Waals surface area contributed by atoms with Crippen LogP contribution in [0.1, 0.15) is 38.5 Å². The fraction of sp³-hybridized carbons (Fsp3) is 0.833. The van der Waals surface area contributed by atoms with Crippen molar-refractivity contribution in [2.24, 2.45) is 5.92 Å². The highest BCUT2D eigenvalue weighted by Gasteiger charge is 2.51. The van der Waals surface area contributed by atoms with Crippen molar-refractivity contribution >= 4 is 17.7 Å². The number of hydrazine groups is 1. The van der Waals surface area contributed by atoms with Gasteiger partial charge in [-0.3, -0.25) is 25.8 Å². The number of allylic oxidation sites excluding steroid dienone is 1. The zero-order valence-electron chi connectivity index (χ0n) is 15.5. The van der Waals surface area contributed by atoms with Crippen molar-refractivity contribution in [1.82, 2.24) is 26.0 Å². The van der Waals surface area contributed by atoms with Crippen LogP contribution in [0.2, 0.25) is 0 Å². The second-order valence-corrected chi connectivity index (χ2v) is 8.43. The number of nitrogens with one attached hydrogen (secondary N) is 3. The lowest BCUT2D eigenvalue weighted by atomic mass is 10.0. The van der Waals surface area contributed by atoms with Gasteiger partial charge in [0.1, 0.15) is 11.7 Å². The number of fused-ring (bicyclic) bond motifs is 6. The van der Waals surface area contributed by atoms with Gasteiger partial charge in [-0.05, 0) is 44.8 Å². The molecular weight excluding hydrogens is 350 g/mol. The Labute approximate surface area is 160 Å². The molecule has 0 aromatic carbocycles. The maximum absolute atomic E-state index is 13.1. The number of carbonyl (C=O) groups is 1. The first-order chi connectivity index (χ1) is 12.8. The SMILES string of the molecule is CSC1NCC2C(=O)N3C/C=C/CCCCOC4CCCC(N4)N3C2N1. The Morgan fingerprint density at radius 3 is 3.00 bits per heavy atom. The van der Waals surface area contributed by atoms with Gasteiger partial charge in [0.25, 0.3) is 0 Å². The van der Waals surface area contributed by atoms with Gasteiger partial charge in [0.05, 0.1) is 24.8 Å². The van der Waals surface area contributed by atoms with Crippen molar-refractivity contribution in [3.63, 3.8) is 0 Å². The van der Waals surface area contributed by atoms with Crippen molar-refractivity contribution in [2.45, 2.75) is 62.6 Å². The Morgan fingerprint density at radius 2 is 2.12 bits per heavy atom. The van der Waals surface area contributed by atoms with Crippen LogP contribution in [-0.4, -0.2) is 65.9 Å². The lowest BCUT2D eigenvalue weighted by molar-refractivity contribution is -0.148. The molecule has 3 saturated heterocycles. The standard InChI is InChI=1S/C18H31N5O2S/c1-26-18-19-12-13-16(21-18)23-14-8-7-9-15(20-14)25-11-6-4-2-3-5-10-22(23)17(13)24/h3,5,13-16,18-21H,2,4,6-12H2,1H3/b5-3+. The van der Waals surface area contributed by atoms with E-state index < -0.39 is 0 Å². The van der Waals surface area contributed by atoms with Crippen LogP contribution in [-0.2, 0) is 9.53 Å². The smallest absolute Gasteiger partial charge is 0.244 e. The van der Waals surface area contributed by atoms with Gasteiger partial charge in [-0.1, -0.05) is 12.2 Å². The number of rotatable bonds is 1. The summed E-state index contributed by atoms with van der Waals surface area (Å²) in [5.74, 6) is 0.182. The zero-order chi connectivity index (χ0) is 17.9. The summed E-state index contributed by atoms with van der Waals surface area (Å²) >= 11 is 1.75. The van der Waals surface area contributed by atoms with Crippen molar-refractivity contribution in [2.75, 3.05) is 26.0 Å². The molecule has 2 bridgehead atoms. The first-order valence-electron chi connectivity index (χ1n) is 9.92. The number of carbonyl (C=O) groups excluding carboxylic acids is 1. The molecule has 4 rings (SSSR count). The van der Waals surface area contributed by atoms with E-state index in [1.165, 1.54) is 0 Å². The van der Waals surface area contributed by atoms with E-state index in [4.69, 9.17) is 4.74 Å². The summed E-state index contributed by atoms with van der Waals surface area (Å²) in [4.78, 5) is 13.1. The van der Waals surface area contributed by atoms with Gasteiger partial charge in [0, 0.05) is 13.2 Å². The number of nitrogens with zero attached hydrogens (tertiary/aromatic N) is 2. The van der Waals surface area contributed by atoms with Gasteiger partial charge in [-0.2, -0.15) is 5.01 Å². The van der Waals surface area contributed by atoms with E-state index in [-0.39, 0.29) is 35.9 Å². The summed E-state index contributed by atoms with van der Waals surface area (Å²) in [7, 11) is 0. The average molecular weight is 382 g/mol. The highest BCUT2D eigenvalue weighted by atomic mass is 32.2. The van der Waals surface area contributed by atoms with Crippen molar-refractivity contribution < 1.29 is 9.53 Å². The molecule has 0 saturated carbocycles. The first kappa shape index (κ1) is 18.7. The summed E-state index contributed by atoms with van der Waals surface area (Å²) in [6.45, 7) is 2.19. The van der Waals surface area contributed by atoms with Gasteiger partial charge in [-0.25, -0.2) is 0 Å². The van der Waals surface area contributed by atoms with Crippen LogP contribution in [0.3, 0.4) is 0 Å². The molecule has 0 aromatic rings. The van der Waals surface area contributed by atoms with Crippen LogP contribution >= 0.6 is 11.8 Å². The second-order valence-electron chi connectivity index (χ2n) is 7.48. The number of piperidine rings is 1. The number of amides is 1. The molecule has 26 heavy (non-hydrogen) atoms. The predicted molar refractivity (Wildman–Crippen MR) is 103 cm³/mol. The molecule has 4 heterocycles. The average Bonchev–Trinajstić information content (AvgIpc) is 2.95. The van der Waals surface area contributed by atoms with E-state index in [0.29, 0.717) is 6.54 Å². The fourth-order valence-corrected chi connectivity index (χ4v) is 4.95. The minimum absolute atomic E-state index is 0.0379. The molecule has 146 valence electrons. The van der Waals surface area contributed by atoms with E-state index in [2.05, 4.69) is 39.4 Å². The third-order valence-corrected chi connectivity index (χ3v) is 6.54. The molecule has 3 fully saturated rings. The molecule has 0 radical (unpaired) electrons. The minimum Gasteiger partial charge on any atom is -0.363 e. The predicted octanol–water partition coefficient (Wildman–Crippen LogP) is 1.01. The Morgan fingerprint density at radius 1 is 1.19 bits per heavy atom. The van der Waals surface area contributed by atoms with Gasteiger partial charge >= 0.3 is 0 Å². The van der Waals surface area contributed by atoms with E-state index in [9.17, 15) is 4.79 Å². The third kappa shape index (κ3) is 3.81. The maximum atomic E-state index is 13.1. The van der Waals surface area contributed by atoms with Crippen molar-refractivity contribution in [3.05, 3.63) is 12.2 Å². The lowest BCUT2D eigenvalue weighted by Crippen LogP contribution is -2.66. The van der Waals surface area contributed by atoms with E-state index in [1.807, 2.05) is 5.01 Å². The quantitative estimate of drug-likeness (QED) is 0.586. The van der Waals surface area contributed by atoms with Crippen LogP contribution in [0.4, 0.5) is 0 Å². The Bertz CT molecular complexity index is 534. The minimum atomic E-state index is -0.0391. The largest absolute Gasteiger partial charge is 0.363 e. The summed E-state index contributed by atoms with van der Waals surface area (Å²) in [6, 6.07) is 0. The van der Waals surface area contributed by atoms with Gasteiger partial charge in [0.15, 0.2) is 0 Å². The summed E-state index contributed by atoms with van der Waals surface area (Å²) in [5, 5.41) is 15.0. The molecule has 7 nitrogen and oxygen atoms in total. The lowest BCUT2D eigenvalue weighted by Gasteiger charge is -2.44. The zero-order valence-corrected chi connectivity index (χ0v) is 16.3. The molecule has 4 aliphatic heterocycles. The van der Waals surface area contributed by atoms with Crippen molar-refractivity contribution in [3.8, 4) is 0 Å². The Kier molecular flexibility index (Phi) is 6.17. The molecule has 0 aromatic heterocycles. The monoisotopic (exact) mass is 381 g/mol. The van der Waals surface area contributed by atoms with E-state index in [1.54, 1.807) is 11.8 Å². The fourth-order valence-electron chi connectivity index (χ4n) is 4.41. The maximum Gasteiger partial charge on any atom is 0.244 e. The summed E-state index contributed by atoms with van der Waals surface area (Å²) < 4.78 is 6.08. The van der Waals surface area contributed by atoms with Crippen LogP contribution in [0.25, 0.3) is 0 Å². The Balaban J connectivity index is 1.59. The number of thioether (sulfide) groups is 1. The molecule has 0 spiro atoms. The molecule has 5 unspecified atom stereocenters. The molecule has 8 heteroatoms. The summed E-state index contributed by atoms with van der Waals surface area (Å²) in [6.07, 6.45) is 13.2. The first-order valence-corrected chi connectivity index (χ1v) is 11.2. The topological polar surface area (TPSA) is 68.9 Å². The second kappa shape index (κ2) is 8.58. The van der Waals surface area contributed by atoms with Gasteiger partial charge in [-0.15, -0.1) is 11.8 Å². The molecule has 5 atom stereocenters. The number of hydrogen-bond acceptors (Lipinski definition) is 7. The summed E-state index contributed by atoms with van der Waals surface area (Å²) in [5.41, 5.74) is 0.180. The van der Waals surface area contributed by atoms with Crippen LogP contribution < -0.4 is 16.0 Å².